The van der Waals surface area contributed by atoms with Crippen molar-refractivity contribution in [1.82, 2.24) is 19.9 Å². The fourth-order valence-electron chi connectivity index (χ4n) is 4.19. The van der Waals surface area contributed by atoms with Crippen LogP contribution in [0.5, 0.6) is 0 Å². The highest BCUT2D eigenvalue weighted by Crippen LogP contribution is 2.36. The van der Waals surface area contributed by atoms with E-state index < -0.39 is 0 Å². The lowest BCUT2D eigenvalue weighted by Crippen LogP contribution is -2.13. The van der Waals surface area contributed by atoms with E-state index in [9.17, 15) is 4.79 Å². The van der Waals surface area contributed by atoms with Crippen LogP contribution < -0.4 is 10.7 Å². The Morgan fingerprint density at radius 1 is 1.00 bits per heavy atom. The summed E-state index contributed by atoms with van der Waals surface area (Å²) in [6.45, 7) is 2.54. The first-order chi connectivity index (χ1) is 17.2. The number of thiazole rings is 1. The summed E-state index contributed by atoms with van der Waals surface area (Å²) in [5.41, 5.74) is 5.66. The lowest BCUT2D eigenvalue weighted by molar-refractivity contribution is 1.13. The standard InChI is InChI=1S/C28H21N5OS/c1-17-30-16-25(35-17)26-21(19-9-10-23-20(12-19)8-5-11-29-23)13-22-27(34)24(15-32-28(22)33-26)31-14-18-6-3-2-4-7-18/h2-13,15-16,31H,14H2,1H3,(H,32,33,34). The minimum atomic E-state index is -0.0853. The van der Waals surface area contributed by atoms with E-state index in [0.29, 0.717) is 23.3 Å². The SMILES string of the molecule is Cc1ncc(-c2nc3[nH]cc(NCc4ccccc4)c(=O)c3cc2-c2ccc3ncccc3c2)s1. The highest BCUT2D eigenvalue weighted by molar-refractivity contribution is 7.15. The molecule has 2 N–H and O–H groups in total. The molecule has 0 aliphatic rings. The zero-order valence-corrected chi connectivity index (χ0v) is 19.8. The number of nitrogens with zero attached hydrogens (tertiary/aromatic N) is 3. The van der Waals surface area contributed by atoms with Crippen molar-refractivity contribution in [3.8, 4) is 21.7 Å². The molecule has 2 aromatic carbocycles. The van der Waals surface area contributed by atoms with Gasteiger partial charge in [-0.15, -0.1) is 11.3 Å². The van der Waals surface area contributed by atoms with Crippen LogP contribution >= 0.6 is 11.3 Å². The van der Waals surface area contributed by atoms with Gasteiger partial charge in [-0.2, -0.15) is 0 Å². The fourth-order valence-corrected chi connectivity index (χ4v) is 4.98. The molecule has 35 heavy (non-hydrogen) atoms. The lowest BCUT2D eigenvalue weighted by Gasteiger charge is -2.12. The van der Waals surface area contributed by atoms with Crippen LogP contribution in [0, 0.1) is 6.92 Å². The van der Waals surface area contributed by atoms with Gasteiger partial charge in [-0.05, 0) is 42.3 Å². The lowest BCUT2D eigenvalue weighted by atomic mass is 9.99. The van der Waals surface area contributed by atoms with Gasteiger partial charge < -0.3 is 10.3 Å². The predicted molar refractivity (Wildman–Crippen MR) is 143 cm³/mol. The number of aryl methyl sites for hydroxylation is 1. The van der Waals surface area contributed by atoms with Crippen LogP contribution in [0.2, 0.25) is 0 Å². The fraction of sp³-hybridized carbons (Fsp3) is 0.0714. The van der Waals surface area contributed by atoms with Crippen LogP contribution in [0.1, 0.15) is 10.6 Å². The van der Waals surface area contributed by atoms with Crippen LogP contribution in [0.3, 0.4) is 0 Å². The second-order valence-electron chi connectivity index (χ2n) is 8.31. The van der Waals surface area contributed by atoms with Gasteiger partial charge in [0.25, 0.3) is 0 Å². The highest BCUT2D eigenvalue weighted by Gasteiger charge is 2.17. The number of pyridine rings is 3. The summed E-state index contributed by atoms with van der Waals surface area (Å²) in [6, 6.07) is 22.0. The monoisotopic (exact) mass is 475 g/mol. The number of anilines is 1. The van der Waals surface area contributed by atoms with E-state index in [-0.39, 0.29) is 5.43 Å². The molecule has 7 heteroatoms. The van der Waals surface area contributed by atoms with Crippen molar-refractivity contribution in [2.75, 3.05) is 5.32 Å². The smallest absolute Gasteiger partial charge is 0.214 e. The summed E-state index contributed by atoms with van der Waals surface area (Å²) in [7, 11) is 0. The van der Waals surface area contributed by atoms with Crippen LogP contribution in [-0.4, -0.2) is 19.9 Å². The zero-order chi connectivity index (χ0) is 23.8. The molecular formula is C28H21N5OS. The third kappa shape index (κ3) is 4.06. The van der Waals surface area contributed by atoms with Crippen LogP contribution in [0.4, 0.5) is 5.69 Å². The number of nitrogens with one attached hydrogen (secondary N) is 2. The molecule has 0 aliphatic heterocycles. The first kappa shape index (κ1) is 21.2. The molecule has 0 saturated heterocycles. The van der Waals surface area contributed by atoms with Gasteiger partial charge >= 0.3 is 0 Å². The largest absolute Gasteiger partial charge is 0.377 e. The Labute approximate surface area is 205 Å². The topological polar surface area (TPSA) is 83.6 Å². The molecule has 4 aromatic heterocycles. The van der Waals surface area contributed by atoms with E-state index in [1.807, 2.05) is 73.8 Å². The third-order valence-corrected chi connectivity index (χ3v) is 6.88. The van der Waals surface area contributed by atoms with Gasteiger partial charge in [0.05, 0.1) is 32.2 Å². The van der Waals surface area contributed by atoms with E-state index in [1.165, 1.54) is 0 Å². The van der Waals surface area contributed by atoms with Crippen molar-refractivity contribution in [3.63, 3.8) is 0 Å². The van der Waals surface area contributed by atoms with Gasteiger partial charge in [0, 0.05) is 36.1 Å². The highest BCUT2D eigenvalue weighted by atomic mass is 32.1. The number of fused-ring (bicyclic) bond motifs is 2. The number of hydrogen-bond acceptors (Lipinski definition) is 6. The molecule has 4 heterocycles. The molecule has 0 spiro atoms. The van der Waals surface area contributed by atoms with Crippen molar-refractivity contribution in [3.05, 3.63) is 106 Å². The van der Waals surface area contributed by atoms with Gasteiger partial charge in [0.2, 0.25) is 5.43 Å². The van der Waals surface area contributed by atoms with Crippen LogP contribution in [0.25, 0.3) is 43.6 Å². The maximum atomic E-state index is 13.5. The van der Waals surface area contributed by atoms with Gasteiger partial charge in [-0.3, -0.25) is 9.78 Å². The second-order valence-corrected chi connectivity index (χ2v) is 9.54. The molecule has 0 fully saturated rings. The van der Waals surface area contributed by atoms with Crippen LogP contribution in [0.15, 0.2) is 90.1 Å². The summed E-state index contributed by atoms with van der Waals surface area (Å²) >= 11 is 1.58. The Hall–Kier alpha value is -4.36. The Bertz CT molecular complexity index is 1740. The Kier molecular flexibility index (Phi) is 5.31. The first-order valence-corrected chi connectivity index (χ1v) is 12.1. The van der Waals surface area contributed by atoms with Crippen molar-refractivity contribution in [1.29, 1.82) is 0 Å². The van der Waals surface area contributed by atoms with Crippen molar-refractivity contribution in [2.24, 2.45) is 0 Å². The molecule has 0 amide bonds. The average molecular weight is 476 g/mol. The molecule has 170 valence electrons. The molecule has 0 saturated carbocycles. The summed E-state index contributed by atoms with van der Waals surface area (Å²) in [5.74, 6) is 0. The predicted octanol–water partition coefficient (Wildman–Crippen LogP) is 6.18. The number of H-pyrrole nitrogens is 1. The zero-order valence-electron chi connectivity index (χ0n) is 18.9. The molecular weight excluding hydrogens is 454 g/mol. The van der Waals surface area contributed by atoms with Gasteiger partial charge in [-0.25, -0.2) is 9.97 Å². The van der Waals surface area contributed by atoms with Crippen molar-refractivity contribution < 1.29 is 0 Å². The van der Waals surface area contributed by atoms with E-state index in [2.05, 4.69) is 26.3 Å². The van der Waals surface area contributed by atoms with E-state index in [1.54, 1.807) is 23.7 Å². The Balaban J connectivity index is 1.51. The maximum Gasteiger partial charge on any atom is 0.214 e. The Morgan fingerprint density at radius 2 is 1.89 bits per heavy atom. The molecule has 6 rings (SSSR count). The molecule has 0 atom stereocenters. The number of hydrogen-bond donors (Lipinski definition) is 2. The number of aromatic amines is 1. The van der Waals surface area contributed by atoms with Gasteiger partial charge in [0.1, 0.15) is 5.65 Å². The Morgan fingerprint density at radius 3 is 2.71 bits per heavy atom. The minimum Gasteiger partial charge on any atom is -0.377 e. The number of aromatic nitrogens is 4. The molecule has 0 aliphatic carbocycles. The summed E-state index contributed by atoms with van der Waals surface area (Å²) in [5, 5.41) is 5.80. The summed E-state index contributed by atoms with van der Waals surface area (Å²) in [4.78, 5) is 31.4. The summed E-state index contributed by atoms with van der Waals surface area (Å²) in [6.07, 6.45) is 5.33. The van der Waals surface area contributed by atoms with E-state index in [0.717, 1.165) is 43.2 Å². The van der Waals surface area contributed by atoms with Crippen molar-refractivity contribution in [2.45, 2.75) is 13.5 Å². The first-order valence-electron chi connectivity index (χ1n) is 11.3. The molecule has 0 radical (unpaired) electrons. The molecule has 0 bridgehead atoms. The normalized spacial score (nSPS) is 11.2. The van der Waals surface area contributed by atoms with Gasteiger partial charge in [0.15, 0.2) is 0 Å². The number of rotatable bonds is 5. The van der Waals surface area contributed by atoms with E-state index in [4.69, 9.17) is 4.98 Å². The van der Waals surface area contributed by atoms with Crippen molar-refractivity contribution >= 4 is 39.0 Å². The quantitative estimate of drug-likeness (QED) is 0.311. The molecule has 6 nitrogen and oxygen atoms in total. The maximum absolute atomic E-state index is 13.5. The average Bonchev–Trinajstić information content (AvgIpc) is 3.34. The molecule has 0 unspecified atom stereocenters. The third-order valence-electron chi connectivity index (χ3n) is 5.96. The van der Waals surface area contributed by atoms with Crippen LogP contribution in [-0.2, 0) is 6.54 Å². The minimum absolute atomic E-state index is 0.0853. The molecule has 6 aromatic rings. The summed E-state index contributed by atoms with van der Waals surface area (Å²) < 4.78 is 0. The van der Waals surface area contributed by atoms with E-state index >= 15 is 0 Å². The van der Waals surface area contributed by atoms with Gasteiger partial charge in [-0.1, -0.05) is 42.5 Å². The second kappa shape index (κ2) is 8.77. The number of benzene rings is 2.